The molecule has 1 heterocycles. The Morgan fingerprint density at radius 2 is 1.95 bits per heavy atom. The van der Waals surface area contributed by atoms with Gasteiger partial charge in [-0.2, -0.15) is 0 Å². The van der Waals surface area contributed by atoms with Gasteiger partial charge in [0.15, 0.2) is 0 Å². The summed E-state index contributed by atoms with van der Waals surface area (Å²) in [5.74, 6) is 0.0246. The largest absolute Gasteiger partial charge is 0.389 e. The van der Waals surface area contributed by atoms with Gasteiger partial charge in [-0.15, -0.1) is 6.58 Å². The Labute approximate surface area is 122 Å². The van der Waals surface area contributed by atoms with Crippen LogP contribution in [0.5, 0.6) is 0 Å². The molecule has 1 aliphatic heterocycles. The molecule has 0 spiro atoms. The fraction of sp³-hybridized carbons (Fsp3) is 0.812. The first kappa shape index (κ1) is 15.5. The van der Waals surface area contributed by atoms with Crippen molar-refractivity contribution >= 4 is 5.91 Å². The van der Waals surface area contributed by atoms with Crippen LogP contribution in [0, 0.1) is 0 Å². The van der Waals surface area contributed by atoms with E-state index >= 15 is 0 Å². The van der Waals surface area contributed by atoms with Gasteiger partial charge in [-0.3, -0.25) is 9.69 Å². The van der Waals surface area contributed by atoms with Crippen LogP contribution in [-0.2, 0) is 4.79 Å². The van der Waals surface area contributed by atoms with Crippen LogP contribution in [0.15, 0.2) is 12.7 Å². The summed E-state index contributed by atoms with van der Waals surface area (Å²) >= 11 is 0. The van der Waals surface area contributed by atoms with E-state index in [1.165, 1.54) is 6.42 Å². The monoisotopic (exact) mass is 280 g/mol. The van der Waals surface area contributed by atoms with Crippen molar-refractivity contribution in [2.45, 2.75) is 63.0 Å². The highest BCUT2D eigenvalue weighted by atomic mass is 16.3. The number of piperidine rings is 1. The molecule has 1 amide bonds. The molecule has 1 saturated carbocycles. The van der Waals surface area contributed by atoms with Crippen LogP contribution in [0.25, 0.3) is 0 Å². The molecule has 2 rings (SSSR count). The van der Waals surface area contributed by atoms with E-state index in [-0.39, 0.29) is 18.4 Å². The number of hydrogen-bond donors (Lipinski definition) is 2. The van der Waals surface area contributed by atoms with Crippen LogP contribution in [0.4, 0.5) is 0 Å². The number of hydrogen-bond acceptors (Lipinski definition) is 3. The summed E-state index contributed by atoms with van der Waals surface area (Å²) in [6, 6.07) is 0.274. The Hall–Kier alpha value is -0.870. The zero-order chi connectivity index (χ0) is 14.4. The molecule has 0 aromatic carbocycles. The number of likely N-dealkylation sites (tertiary alicyclic amines) is 1. The highest BCUT2D eigenvalue weighted by Crippen LogP contribution is 2.30. The lowest BCUT2D eigenvalue weighted by molar-refractivity contribution is -0.128. The third-order valence-corrected chi connectivity index (χ3v) is 4.61. The second-order valence-electron chi connectivity index (χ2n) is 6.39. The van der Waals surface area contributed by atoms with Crippen molar-refractivity contribution in [3.8, 4) is 0 Å². The molecule has 0 aromatic heterocycles. The molecule has 2 aliphatic rings. The van der Waals surface area contributed by atoms with Gasteiger partial charge in [0, 0.05) is 25.7 Å². The SMILES string of the molecule is C=CCN1CCC(NC(=O)CC2(O)CCCCC2)CC1. The minimum Gasteiger partial charge on any atom is -0.389 e. The topological polar surface area (TPSA) is 52.6 Å². The van der Waals surface area contributed by atoms with Gasteiger partial charge in [-0.05, 0) is 25.7 Å². The average Bonchev–Trinajstić information content (AvgIpc) is 2.41. The number of carbonyl (C=O) groups excluding carboxylic acids is 1. The van der Waals surface area contributed by atoms with Gasteiger partial charge in [-0.1, -0.05) is 25.3 Å². The van der Waals surface area contributed by atoms with Crippen LogP contribution in [-0.4, -0.2) is 47.2 Å². The molecule has 114 valence electrons. The fourth-order valence-electron chi connectivity index (χ4n) is 3.41. The van der Waals surface area contributed by atoms with E-state index in [0.717, 1.165) is 58.2 Å². The number of carbonyl (C=O) groups is 1. The van der Waals surface area contributed by atoms with E-state index in [1.54, 1.807) is 0 Å². The van der Waals surface area contributed by atoms with Crippen molar-refractivity contribution in [1.82, 2.24) is 10.2 Å². The van der Waals surface area contributed by atoms with Crippen LogP contribution in [0.2, 0.25) is 0 Å². The summed E-state index contributed by atoms with van der Waals surface area (Å²) in [5.41, 5.74) is -0.744. The first-order valence-corrected chi connectivity index (χ1v) is 7.96. The van der Waals surface area contributed by atoms with Crippen molar-refractivity contribution in [3.05, 3.63) is 12.7 Å². The molecule has 0 aromatic rings. The molecule has 1 saturated heterocycles. The third kappa shape index (κ3) is 4.60. The summed E-state index contributed by atoms with van der Waals surface area (Å²) in [7, 11) is 0. The summed E-state index contributed by atoms with van der Waals surface area (Å²) < 4.78 is 0. The normalized spacial score (nSPS) is 24.2. The van der Waals surface area contributed by atoms with Crippen molar-refractivity contribution in [2.75, 3.05) is 19.6 Å². The minimum absolute atomic E-state index is 0.0246. The van der Waals surface area contributed by atoms with Gasteiger partial charge in [0.2, 0.25) is 5.91 Å². The summed E-state index contributed by atoms with van der Waals surface area (Å²) in [4.78, 5) is 14.4. The Bertz CT molecular complexity index is 329. The lowest BCUT2D eigenvalue weighted by Crippen LogP contribution is -2.47. The van der Waals surface area contributed by atoms with E-state index in [9.17, 15) is 9.90 Å². The highest BCUT2D eigenvalue weighted by Gasteiger charge is 2.32. The van der Waals surface area contributed by atoms with E-state index < -0.39 is 5.60 Å². The van der Waals surface area contributed by atoms with Gasteiger partial charge in [0.25, 0.3) is 0 Å². The Morgan fingerprint density at radius 1 is 1.30 bits per heavy atom. The van der Waals surface area contributed by atoms with Gasteiger partial charge in [0.05, 0.1) is 12.0 Å². The average molecular weight is 280 g/mol. The summed E-state index contributed by atoms with van der Waals surface area (Å²) in [5, 5.41) is 13.5. The molecule has 2 N–H and O–H groups in total. The molecule has 20 heavy (non-hydrogen) atoms. The second-order valence-corrected chi connectivity index (χ2v) is 6.39. The molecule has 0 radical (unpaired) electrons. The quantitative estimate of drug-likeness (QED) is 0.756. The van der Waals surface area contributed by atoms with Crippen molar-refractivity contribution < 1.29 is 9.90 Å². The number of nitrogens with one attached hydrogen (secondary N) is 1. The molecule has 1 aliphatic carbocycles. The van der Waals surface area contributed by atoms with E-state index in [0.29, 0.717) is 0 Å². The molecule has 4 nitrogen and oxygen atoms in total. The van der Waals surface area contributed by atoms with Crippen LogP contribution in [0.3, 0.4) is 0 Å². The van der Waals surface area contributed by atoms with Crippen molar-refractivity contribution in [1.29, 1.82) is 0 Å². The number of nitrogens with zero attached hydrogens (tertiary/aromatic N) is 1. The fourth-order valence-corrected chi connectivity index (χ4v) is 3.41. The first-order valence-electron chi connectivity index (χ1n) is 7.96. The van der Waals surface area contributed by atoms with E-state index in [4.69, 9.17) is 0 Å². The van der Waals surface area contributed by atoms with E-state index in [1.807, 2.05) is 6.08 Å². The summed E-state index contributed by atoms with van der Waals surface area (Å²) in [6.45, 7) is 6.72. The molecule has 0 atom stereocenters. The Kier molecular flexibility index (Phi) is 5.61. The van der Waals surface area contributed by atoms with Crippen LogP contribution in [0.1, 0.15) is 51.4 Å². The van der Waals surface area contributed by atoms with Gasteiger partial charge < -0.3 is 10.4 Å². The van der Waals surface area contributed by atoms with Gasteiger partial charge >= 0.3 is 0 Å². The highest BCUT2D eigenvalue weighted by molar-refractivity contribution is 5.77. The van der Waals surface area contributed by atoms with Crippen molar-refractivity contribution in [3.63, 3.8) is 0 Å². The Balaban J connectivity index is 1.71. The summed E-state index contributed by atoms with van der Waals surface area (Å²) in [6.07, 6.45) is 9.03. The molecular formula is C16H28N2O2. The molecule has 0 unspecified atom stereocenters. The molecule has 4 heteroatoms. The molecular weight excluding hydrogens is 252 g/mol. The lowest BCUT2D eigenvalue weighted by atomic mass is 9.82. The van der Waals surface area contributed by atoms with E-state index in [2.05, 4.69) is 16.8 Å². The maximum Gasteiger partial charge on any atom is 0.223 e. The maximum absolute atomic E-state index is 12.1. The molecule has 2 fully saturated rings. The minimum atomic E-state index is -0.744. The van der Waals surface area contributed by atoms with Gasteiger partial charge in [-0.25, -0.2) is 0 Å². The zero-order valence-corrected chi connectivity index (χ0v) is 12.4. The van der Waals surface area contributed by atoms with Crippen LogP contribution >= 0.6 is 0 Å². The third-order valence-electron chi connectivity index (χ3n) is 4.61. The number of rotatable bonds is 5. The Morgan fingerprint density at radius 3 is 2.55 bits per heavy atom. The predicted octanol–water partition coefficient (Wildman–Crippen LogP) is 1.84. The van der Waals surface area contributed by atoms with Gasteiger partial charge in [0.1, 0.15) is 0 Å². The molecule has 0 bridgehead atoms. The standard InChI is InChI=1S/C16H28N2O2/c1-2-10-18-11-6-14(7-12-18)17-15(19)13-16(20)8-4-3-5-9-16/h2,14,20H,1,3-13H2,(H,17,19). The predicted molar refractivity (Wildman–Crippen MR) is 80.5 cm³/mol. The maximum atomic E-state index is 12.1. The lowest BCUT2D eigenvalue weighted by Gasteiger charge is -2.34. The van der Waals surface area contributed by atoms with Crippen molar-refractivity contribution in [2.24, 2.45) is 0 Å². The number of aliphatic hydroxyl groups is 1. The number of amides is 1. The smallest absolute Gasteiger partial charge is 0.223 e. The second kappa shape index (κ2) is 7.23. The first-order chi connectivity index (χ1) is 9.61. The van der Waals surface area contributed by atoms with Crippen LogP contribution < -0.4 is 5.32 Å². The zero-order valence-electron chi connectivity index (χ0n) is 12.4.